The third-order valence-electron chi connectivity index (χ3n) is 10.7. The van der Waals surface area contributed by atoms with Gasteiger partial charge >= 0.3 is 0 Å². The van der Waals surface area contributed by atoms with Gasteiger partial charge in [-0.05, 0) is 142 Å². The molecule has 11 aromatic carbocycles. The molecule has 0 spiro atoms. The van der Waals surface area contributed by atoms with Crippen LogP contribution in [0.3, 0.4) is 0 Å². The van der Waals surface area contributed by atoms with Gasteiger partial charge in [0, 0.05) is 17.1 Å². The average molecular weight is 734 g/mol. The summed E-state index contributed by atoms with van der Waals surface area (Å²) in [4.78, 5) is 1.33. The maximum Gasteiger partial charge on any atom is 0.0651 e. The molecule has 0 unspecified atom stereocenters. The molecule has 0 fully saturated rings. The Kier molecular flexibility index (Phi) is 5.79. The zero-order valence-electron chi connectivity index (χ0n) is 40.5. The molecule has 0 bridgehead atoms. The van der Waals surface area contributed by atoms with E-state index in [1.807, 2.05) is 103 Å². The first-order valence-corrected chi connectivity index (χ1v) is 18.9. The molecule has 57 heavy (non-hydrogen) atoms. The zero-order valence-corrected chi connectivity index (χ0v) is 30.5. The first-order chi connectivity index (χ1) is 32.5. The van der Waals surface area contributed by atoms with Crippen LogP contribution < -0.4 is 4.90 Å². The van der Waals surface area contributed by atoms with Crippen molar-refractivity contribution >= 4 is 70.9 Å². The van der Waals surface area contributed by atoms with E-state index in [2.05, 4.69) is 18.2 Å². The van der Waals surface area contributed by atoms with Crippen LogP contribution in [0.5, 0.6) is 0 Å². The Balaban J connectivity index is 1.22. The Morgan fingerprint density at radius 1 is 0.281 bits per heavy atom. The Morgan fingerprint density at radius 2 is 0.772 bits per heavy atom. The average Bonchev–Trinajstić information content (AvgIpc) is 3.36. The van der Waals surface area contributed by atoms with Gasteiger partial charge in [-0.2, -0.15) is 0 Å². The molecule has 0 saturated carbocycles. The minimum atomic E-state index is -0.523. The number of fused-ring (bicyclic) bond motifs is 7. The summed E-state index contributed by atoms with van der Waals surface area (Å²) in [5.41, 5.74) is 2.47. The highest BCUT2D eigenvalue weighted by molar-refractivity contribution is 6.15. The standard InChI is InChI=1S/C56H37N/c1-2-13-38(14-3-1)40-25-26-42-34-48(32-29-41(42)33-40)57(46-30-27-39(28-31-46)55-36-44-15-4-6-19-49(44)51-21-8-10-23-53(51)55)47-18-12-17-43(35-47)56-37-45-16-5-7-20-50(45)52-22-9-11-24-54(52)56/h1-37H/i25D,26D,27D,28D,29D,30D,31D,32D,33D,34D. The van der Waals surface area contributed by atoms with Crippen LogP contribution in [0.1, 0.15) is 13.7 Å². The lowest BCUT2D eigenvalue weighted by Crippen LogP contribution is -2.10. The molecule has 1 nitrogen and oxygen atoms in total. The normalized spacial score (nSPS) is 14.0. The van der Waals surface area contributed by atoms with Gasteiger partial charge in [0.25, 0.3) is 0 Å². The summed E-state index contributed by atoms with van der Waals surface area (Å²) in [5, 5.41) is 7.17. The van der Waals surface area contributed by atoms with Crippen LogP contribution in [0.15, 0.2) is 224 Å². The highest BCUT2D eigenvalue weighted by atomic mass is 15.1. The van der Waals surface area contributed by atoms with Crippen molar-refractivity contribution in [3.8, 4) is 33.4 Å². The summed E-state index contributed by atoms with van der Waals surface area (Å²) in [6.07, 6.45) is 0. The maximum absolute atomic E-state index is 9.88. The lowest BCUT2D eigenvalue weighted by Gasteiger charge is -2.27. The van der Waals surface area contributed by atoms with Crippen LogP contribution in [-0.4, -0.2) is 0 Å². The fourth-order valence-corrected chi connectivity index (χ4v) is 8.02. The molecular weight excluding hydrogens is 687 g/mol. The summed E-state index contributed by atoms with van der Waals surface area (Å²) >= 11 is 0. The van der Waals surface area contributed by atoms with Gasteiger partial charge < -0.3 is 4.90 Å². The fraction of sp³-hybridized carbons (Fsp3) is 0. The SMILES string of the molecule is [2H]c1c([2H])c(N(c2cccc(-c3cc4ccccc4c4ccccc34)c2)c2c([2H])c([2H])c3c([2H])c(-c4ccccc4)c([2H])c([2H])c3c2[2H])c([2H])c([2H])c1-c1cc2ccccc2c2ccccc12. The van der Waals surface area contributed by atoms with Gasteiger partial charge in [0.2, 0.25) is 0 Å². The number of hydrogen-bond acceptors (Lipinski definition) is 1. The molecule has 0 heterocycles. The van der Waals surface area contributed by atoms with Crippen molar-refractivity contribution in [2.75, 3.05) is 4.90 Å². The van der Waals surface area contributed by atoms with Crippen molar-refractivity contribution in [2.24, 2.45) is 0 Å². The first kappa shape index (κ1) is 24.1. The van der Waals surface area contributed by atoms with Gasteiger partial charge in [-0.3, -0.25) is 0 Å². The van der Waals surface area contributed by atoms with Crippen LogP contribution >= 0.6 is 0 Å². The number of nitrogens with zero attached hydrogens (tertiary/aromatic N) is 1. The number of anilines is 3. The Bertz CT molecular complexity index is 3860. The molecule has 11 rings (SSSR count). The minimum Gasteiger partial charge on any atom is -0.310 e. The van der Waals surface area contributed by atoms with Crippen molar-refractivity contribution in [3.05, 3.63) is 224 Å². The lowest BCUT2D eigenvalue weighted by atomic mass is 9.92. The van der Waals surface area contributed by atoms with E-state index in [-0.39, 0.29) is 63.1 Å². The van der Waals surface area contributed by atoms with Crippen molar-refractivity contribution in [1.29, 1.82) is 0 Å². The van der Waals surface area contributed by atoms with Crippen LogP contribution in [0.25, 0.3) is 87.2 Å². The molecule has 0 aliphatic heterocycles. The molecule has 11 aromatic rings. The van der Waals surface area contributed by atoms with Crippen molar-refractivity contribution in [2.45, 2.75) is 0 Å². The van der Waals surface area contributed by atoms with E-state index in [0.29, 0.717) is 11.1 Å². The van der Waals surface area contributed by atoms with E-state index >= 15 is 0 Å². The molecule has 0 radical (unpaired) electrons. The Labute approximate surface area is 346 Å². The molecule has 0 aliphatic rings. The summed E-state index contributed by atoms with van der Waals surface area (Å²) in [6, 6.07) is 47.4. The van der Waals surface area contributed by atoms with Crippen molar-refractivity contribution < 1.29 is 13.7 Å². The van der Waals surface area contributed by atoms with Gasteiger partial charge in [-0.15, -0.1) is 0 Å². The third-order valence-corrected chi connectivity index (χ3v) is 10.7. The monoisotopic (exact) mass is 733 g/mol. The van der Waals surface area contributed by atoms with E-state index < -0.39 is 36.3 Å². The van der Waals surface area contributed by atoms with Gasteiger partial charge in [0.15, 0.2) is 0 Å². The number of benzene rings is 11. The maximum atomic E-state index is 9.88. The second-order valence-electron chi connectivity index (χ2n) is 14.1. The topological polar surface area (TPSA) is 3.24 Å². The van der Waals surface area contributed by atoms with E-state index in [1.165, 1.54) is 4.90 Å². The fourth-order valence-electron chi connectivity index (χ4n) is 8.02. The van der Waals surface area contributed by atoms with E-state index in [1.54, 1.807) is 42.5 Å². The molecule has 0 N–H and O–H groups in total. The van der Waals surface area contributed by atoms with Gasteiger partial charge in [0.1, 0.15) is 0 Å². The Morgan fingerprint density at radius 3 is 1.44 bits per heavy atom. The lowest BCUT2D eigenvalue weighted by molar-refractivity contribution is 1.29. The van der Waals surface area contributed by atoms with Gasteiger partial charge in [0.05, 0.1) is 13.7 Å². The van der Waals surface area contributed by atoms with Crippen molar-refractivity contribution in [1.82, 2.24) is 0 Å². The zero-order chi connectivity index (χ0) is 46.4. The molecule has 0 atom stereocenters. The van der Waals surface area contributed by atoms with Crippen LogP contribution in [0, 0.1) is 0 Å². The third kappa shape index (κ3) is 5.80. The summed E-state index contributed by atoms with van der Waals surface area (Å²) in [7, 11) is 0. The summed E-state index contributed by atoms with van der Waals surface area (Å²) < 4.78 is 96.0. The number of hydrogen-bond donors (Lipinski definition) is 0. The first-order valence-electron chi connectivity index (χ1n) is 23.9. The van der Waals surface area contributed by atoms with Crippen LogP contribution in [0.4, 0.5) is 17.1 Å². The molecule has 1 heteroatoms. The largest absolute Gasteiger partial charge is 0.310 e. The highest BCUT2D eigenvalue weighted by Crippen LogP contribution is 2.42. The predicted molar refractivity (Wildman–Crippen MR) is 245 cm³/mol. The van der Waals surface area contributed by atoms with Crippen LogP contribution in [0.2, 0.25) is 0 Å². The minimum absolute atomic E-state index is 0.0773. The number of rotatable bonds is 6. The second-order valence-corrected chi connectivity index (χ2v) is 14.1. The van der Waals surface area contributed by atoms with E-state index in [0.717, 1.165) is 54.2 Å². The molecule has 0 saturated heterocycles. The molecule has 266 valence electrons. The summed E-state index contributed by atoms with van der Waals surface area (Å²) in [5.74, 6) is 0. The van der Waals surface area contributed by atoms with Gasteiger partial charge in [-0.1, -0.05) is 170 Å². The highest BCUT2D eigenvalue weighted by Gasteiger charge is 2.17. The second kappa shape index (κ2) is 13.7. The molecule has 0 aliphatic carbocycles. The quantitative estimate of drug-likeness (QED) is 0.154. The van der Waals surface area contributed by atoms with Crippen molar-refractivity contribution in [3.63, 3.8) is 0 Å². The van der Waals surface area contributed by atoms with Gasteiger partial charge in [-0.25, -0.2) is 0 Å². The molecular formula is C56H37N. The molecule has 0 aromatic heterocycles. The summed E-state index contributed by atoms with van der Waals surface area (Å²) in [6.45, 7) is 0. The van der Waals surface area contributed by atoms with E-state index in [4.69, 9.17) is 1.37 Å². The Hall–Kier alpha value is -7.48. The predicted octanol–water partition coefficient (Wildman–Crippen LogP) is 15.9. The van der Waals surface area contributed by atoms with Crippen LogP contribution in [-0.2, 0) is 0 Å². The smallest absolute Gasteiger partial charge is 0.0651 e. The molecule has 0 amide bonds. The van der Waals surface area contributed by atoms with E-state index in [9.17, 15) is 12.3 Å².